The number of aliphatic carboxylic acids is 1. The van der Waals surface area contributed by atoms with E-state index in [1.807, 2.05) is 0 Å². The summed E-state index contributed by atoms with van der Waals surface area (Å²) in [7, 11) is 0. The molecule has 5 heteroatoms. The van der Waals surface area contributed by atoms with Crippen LogP contribution in [-0.2, 0) is 19.1 Å². The van der Waals surface area contributed by atoms with E-state index < -0.39 is 5.97 Å². The third-order valence-corrected chi connectivity index (χ3v) is 4.26. The Bertz CT molecular complexity index is 317. The van der Waals surface area contributed by atoms with Crippen molar-refractivity contribution in [2.75, 3.05) is 13.2 Å². The van der Waals surface area contributed by atoms with E-state index in [-0.39, 0.29) is 6.61 Å². The Morgan fingerprint density at radius 3 is 2.68 bits per heavy atom. The Kier molecular flexibility index (Phi) is 5.34. The van der Waals surface area contributed by atoms with Crippen LogP contribution >= 0.6 is 0 Å². The van der Waals surface area contributed by atoms with Gasteiger partial charge in [-0.15, -0.1) is 0 Å². The second-order valence-electron chi connectivity index (χ2n) is 5.46. The summed E-state index contributed by atoms with van der Waals surface area (Å²) < 4.78 is 10.9. The van der Waals surface area contributed by atoms with Gasteiger partial charge in [-0.1, -0.05) is 6.42 Å². The number of carboxylic acid groups (broad SMARTS) is 1. The molecule has 0 saturated carbocycles. The SMILES string of the molecule is O=CC[C@H]1[C@@H](CCCCOCC(=O)O)[C@H]2CC[C@@H]1O2. The second kappa shape index (κ2) is 7.01. The molecular formula is C14H22O5. The van der Waals surface area contributed by atoms with E-state index in [4.69, 9.17) is 14.6 Å². The molecule has 0 aromatic heterocycles. The standard InChI is InChI=1S/C14H22O5/c15-7-6-11-10(12-4-5-13(11)19-12)3-1-2-8-18-9-14(16)17/h7,10-13H,1-6,8-9H2,(H,16,17)/t10-,11+,12-,13+/m1/s1. The molecule has 2 bridgehead atoms. The zero-order valence-corrected chi connectivity index (χ0v) is 11.1. The highest BCUT2D eigenvalue weighted by Crippen LogP contribution is 2.46. The number of aldehydes is 1. The number of hydrogen-bond donors (Lipinski definition) is 1. The van der Waals surface area contributed by atoms with Crippen LogP contribution in [0.4, 0.5) is 0 Å². The fraction of sp³-hybridized carbons (Fsp3) is 0.857. The number of carbonyl (C=O) groups excluding carboxylic acids is 1. The van der Waals surface area contributed by atoms with Gasteiger partial charge in [-0.3, -0.25) is 0 Å². The number of ether oxygens (including phenoxy) is 2. The Morgan fingerprint density at radius 1 is 1.26 bits per heavy atom. The predicted molar refractivity (Wildman–Crippen MR) is 67.9 cm³/mol. The quantitative estimate of drug-likeness (QED) is 0.509. The molecule has 0 amide bonds. The molecule has 0 aliphatic carbocycles. The summed E-state index contributed by atoms with van der Waals surface area (Å²) in [5, 5.41) is 8.43. The first-order chi connectivity index (χ1) is 9.22. The van der Waals surface area contributed by atoms with Crippen molar-refractivity contribution in [3.63, 3.8) is 0 Å². The first-order valence-electron chi connectivity index (χ1n) is 7.11. The molecule has 2 heterocycles. The molecule has 5 nitrogen and oxygen atoms in total. The summed E-state index contributed by atoms with van der Waals surface area (Å²) in [5.41, 5.74) is 0. The van der Waals surface area contributed by atoms with Gasteiger partial charge >= 0.3 is 5.97 Å². The van der Waals surface area contributed by atoms with Crippen molar-refractivity contribution < 1.29 is 24.2 Å². The van der Waals surface area contributed by atoms with Gasteiger partial charge in [0.2, 0.25) is 0 Å². The van der Waals surface area contributed by atoms with Gasteiger partial charge in [0, 0.05) is 13.0 Å². The van der Waals surface area contributed by atoms with Crippen molar-refractivity contribution in [2.24, 2.45) is 11.8 Å². The average Bonchev–Trinajstić information content (AvgIpc) is 2.95. The molecule has 0 unspecified atom stereocenters. The normalized spacial score (nSPS) is 32.6. The van der Waals surface area contributed by atoms with Crippen molar-refractivity contribution in [1.82, 2.24) is 0 Å². The first-order valence-corrected chi connectivity index (χ1v) is 7.11. The van der Waals surface area contributed by atoms with Crippen LogP contribution in [0, 0.1) is 11.8 Å². The highest BCUT2D eigenvalue weighted by Gasteiger charge is 2.47. The van der Waals surface area contributed by atoms with E-state index in [9.17, 15) is 9.59 Å². The summed E-state index contributed by atoms with van der Waals surface area (Å²) >= 11 is 0. The molecule has 4 atom stereocenters. The van der Waals surface area contributed by atoms with E-state index in [0.717, 1.165) is 38.4 Å². The topological polar surface area (TPSA) is 72.8 Å². The van der Waals surface area contributed by atoms with Gasteiger partial charge in [-0.2, -0.15) is 0 Å². The van der Waals surface area contributed by atoms with E-state index in [0.29, 0.717) is 37.1 Å². The minimum atomic E-state index is -0.924. The second-order valence-corrected chi connectivity index (χ2v) is 5.46. The van der Waals surface area contributed by atoms with Gasteiger partial charge in [0.15, 0.2) is 0 Å². The number of rotatable bonds is 9. The lowest BCUT2D eigenvalue weighted by atomic mass is 9.75. The number of fused-ring (bicyclic) bond motifs is 2. The molecule has 2 aliphatic heterocycles. The minimum absolute atomic E-state index is 0.217. The lowest BCUT2D eigenvalue weighted by Crippen LogP contribution is -2.27. The molecule has 0 aromatic carbocycles. The van der Waals surface area contributed by atoms with Crippen molar-refractivity contribution in [2.45, 2.75) is 50.7 Å². The van der Waals surface area contributed by atoms with Crippen molar-refractivity contribution in [3.8, 4) is 0 Å². The third kappa shape index (κ3) is 3.76. The van der Waals surface area contributed by atoms with Crippen LogP contribution in [0.5, 0.6) is 0 Å². The predicted octanol–water partition coefficient (Wildman–Crippen LogP) is 1.64. The largest absolute Gasteiger partial charge is 0.480 e. The summed E-state index contributed by atoms with van der Waals surface area (Å²) in [4.78, 5) is 21.0. The maximum absolute atomic E-state index is 10.7. The molecular weight excluding hydrogens is 248 g/mol. The number of carbonyl (C=O) groups is 2. The summed E-state index contributed by atoms with van der Waals surface area (Å²) in [5.74, 6) is -0.0211. The number of hydrogen-bond acceptors (Lipinski definition) is 4. The molecule has 19 heavy (non-hydrogen) atoms. The lowest BCUT2D eigenvalue weighted by molar-refractivity contribution is -0.142. The minimum Gasteiger partial charge on any atom is -0.480 e. The molecule has 2 fully saturated rings. The molecule has 1 N–H and O–H groups in total. The zero-order chi connectivity index (χ0) is 13.7. The third-order valence-electron chi connectivity index (χ3n) is 4.26. The smallest absolute Gasteiger partial charge is 0.329 e. The summed E-state index contributed by atoms with van der Waals surface area (Å²) in [6.07, 6.45) is 7.41. The summed E-state index contributed by atoms with van der Waals surface area (Å²) in [6.45, 7) is 0.275. The van der Waals surface area contributed by atoms with E-state index in [1.54, 1.807) is 0 Å². The molecule has 2 saturated heterocycles. The van der Waals surface area contributed by atoms with Crippen molar-refractivity contribution in [1.29, 1.82) is 0 Å². The lowest BCUT2D eigenvalue weighted by Gasteiger charge is -2.26. The Balaban J connectivity index is 1.64. The van der Waals surface area contributed by atoms with Crippen LogP contribution in [0.15, 0.2) is 0 Å². The average molecular weight is 270 g/mol. The van der Waals surface area contributed by atoms with Gasteiger partial charge in [0.1, 0.15) is 12.9 Å². The van der Waals surface area contributed by atoms with Crippen LogP contribution in [0.25, 0.3) is 0 Å². The van der Waals surface area contributed by atoms with E-state index in [2.05, 4.69) is 0 Å². The number of carboxylic acids is 1. The molecule has 0 spiro atoms. The number of unbranched alkanes of at least 4 members (excludes halogenated alkanes) is 1. The fourth-order valence-corrected chi connectivity index (χ4v) is 3.45. The highest BCUT2D eigenvalue weighted by atomic mass is 16.5. The van der Waals surface area contributed by atoms with Crippen molar-refractivity contribution >= 4 is 12.3 Å². The van der Waals surface area contributed by atoms with Gasteiger partial charge in [-0.25, -0.2) is 4.79 Å². The first kappa shape index (κ1) is 14.5. The Morgan fingerprint density at radius 2 is 2.00 bits per heavy atom. The maximum atomic E-state index is 10.7. The zero-order valence-electron chi connectivity index (χ0n) is 11.1. The van der Waals surface area contributed by atoms with Gasteiger partial charge in [0.05, 0.1) is 12.2 Å². The Labute approximate surface area is 113 Å². The van der Waals surface area contributed by atoms with Gasteiger partial charge < -0.3 is 19.4 Å². The van der Waals surface area contributed by atoms with Crippen LogP contribution in [-0.4, -0.2) is 42.8 Å². The Hall–Kier alpha value is -0.940. The van der Waals surface area contributed by atoms with E-state index >= 15 is 0 Å². The molecule has 0 radical (unpaired) electrons. The maximum Gasteiger partial charge on any atom is 0.329 e. The molecule has 2 rings (SSSR count). The van der Waals surface area contributed by atoms with E-state index in [1.165, 1.54) is 0 Å². The van der Waals surface area contributed by atoms with Crippen LogP contribution < -0.4 is 0 Å². The van der Waals surface area contributed by atoms with Crippen LogP contribution in [0.2, 0.25) is 0 Å². The van der Waals surface area contributed by atoms with Crippen molar-refractivity contribution in [3.05, 3.63) is 0 Å². The van der Waals surface area contributed by atoms with Gasteiger partial charge in [0.25, 0.3) is 0 Å². The van der Waals surface area contributed by atoms with Crippen LogP contribution in [0.3, 0.4) is 0 Å². The fourth-order valence-electron chi connectivity index (χ4n) is 3.45. The highest BCUT2D eigenvalue weighted by molar-refractivity contribution is 5.67. The monoisotopic (exact) mass is 270 g/mol. The molecule has 0 aromatic rings. The van der Waals surface area contributed by atoms with Gasteiger partial charge in [-0.05, 0) is 37.5 Å². The summed E-state index contributed by atoms with van der Waals surface area (Å²) in [6, 6.07) is 0. The van der Waals surface area contributed by atoms with Crippen LogP contribution in [0.1, 0.15) is 38.5 Å². The molecule has 108 valence electrons. The molecule has 2 aliphatic rings.